The first kappa shape index (κ1) is 18.2. The van der Waals surface area contributed by atoms with E-state index in [0.717, 1.165) is 4.57 Å². The van der Waals surface area contributed by atoms with Crippen molar-refractivity contribution in [3.05, 3.63) is 46.9 Å². The van der Waals surface area contributed by atoms with E-state index in [0.29, 0.717) is 0 Å². The molecule has 0 atom stereocenters. The lowest BCUT2D eigenvalue weighted by atomic mass is 10.3. The summed E-state index contributed by atoms with van der Waals surface area (Å²) in [6.45, 7) is -1.46. The maximum absolute atomic E-state index is 12.8. The summed E-state index contributed by atoms with van der Waals surface area (Å²) in [6, 6.07) is 6.47. The molecule has 0 amide bonds. The largest absolute Gasteiger partial charge is 0.484 e. The minimum Gasteiger partial charge on any atom is -0.484 e. The first-order valence-corrected chi connectivity index (χ1v) is 7.97. The molecule has 11 heteroatoms. The summed E-state index contributed by atoms with van der Waals surface area (Å²) in [5.41, 5.74) is -0.240. The molecule has 0 aliphatic heterocycles. The molecule has 0 radical (unpaired) electrons. The van der Waals surface area contributed by atoms with Crippen LogP contribution in [0.5, 0.6) is 5.75 Å². The van der Waals surface area contributed by atoms with Crippen molar-refractivity contribution in [1.82, 2.24) is 14.5 Å². The zero-order valence-electron chi connectivity index (χ0n) is 12.8. The zero-order chi connectivity index (χ0) is 18.9. The first-order valence-electron chi connectivity index (χ1n) is 7.09. The van der Waals surface area contributed by atoms with Crippen molar-refractivity contribution >= 4 is 22.8 Å². The molecule has 1 N–H and O–H groups in total. The highest BCUT2D eigenvalue weighted by Gasteiger charge is 2.28. The predicted octanol–water partition coefficient (Wildman–Crippen LogP) is 3.97. The second-order valence-electron chi connectivity index (χ2n) is 5.05. The van der Waals surface area contributed by atoms with Crippen LogP contribution in [-0.2, 0) is 0 Å². The minimum absolute atomic E-state index is 0.0714. The van der Waals surface area contributed by atoms with Crippen LogP contribution in [0.2, 0.25) is 0 Å². The number of halogens is 5. The number of aromatic amines is 1. The number of H-pyrrole nitrogens is 1. The molecule has 2 heterocycles. The standard InChI is InChI=1S/C15H10F5N3O2S/c16-13(17)26-14-22-11-10(5-6-21-11)12(24)23(14)8-1-3-9(4-2-8)25-7-15(18,19)20/h1-6,13,21H,7H2. The number of alkyl halides is 5. The van der Waals surface area contributed by atoms with Gasteiger partial charge in [-0.25, -0.2) is 4.98 Å². The van der Waals surface area contributed by atoms with Crippen molar-refractivity contribution in [2.45, 2.75) is 17.1 Å². The lowest BCUT2D eigenvalue weighted by Gasteiger charge is -2.13. The smallest absolute Gasteiger partial charge is 0.422 e. The van der Waals surface area contributed by atoms with Crippen molar-refractivity contribution < 1.29 is 26.7 Å². The van der Waals surface area contributed by atoms with E-state index in [2.05, 4.69) is 14.7 Å². The number of thioether (sulfide) groups is 1. The Balaban J connectivity index is 2.01. The van der Waals surface area contributed by atoms with Gasteiger partial charge in [0.2, 0.25) is 0 Å². The first-order chi connectivity index (χ1) is 12.2. The van der Waals surface area contributed by atoms with Gasteiger partial charge in [0.15, 0.2) is 11.8 Å². The van der Waals surface area contributed by atoms with Crippen LogP contribution in [0.4, 0.5) is 22.0 Å². The van der Waals surface area contributed by atoms with Gasteiger partial charge < -0.3 is 9.72 Å². The molecule has 2 aromatic heterocycles. The fraction of sp³-hybridized carbons (Fsp3) is 0.200. The van der Waals surface area contributed by atoms with Crippen LogP contribution in [0, 0.1) is 0 Å². The summed E-state index contributed by atoms with van der Waals surface area (Å²) in [7, 11) is 0. The van der Waals surface area contributed by atoms with Crippen molar-refractivity contribution in [2.75, 3.05) is 6.61 Å². The Kier molecular flexibility index (Phi) is 4.90. The summed E-state index contributed by atoms with van der Waals surface area (Å²) >= 11 is 0.0886. The maximum Gasteiger partial charge on any atom is 0.422 e. The Bertz CT molecular complexity index is 966. The third-order valence-electron chi connectivity index (χ3n) is 3.25. The highest BCUT2D eigenvalue weighted by atomic mass is 32.2. The SMILES string of the molecule is O=c1c2cc[nH]c2nc(SC(F)F)n1-c1ccc(OCC(F)(F)F)cc1. The van der Waals surface area contributed by atoms with Gasteiger partial charge >= 0.3 is 6.18 Å². The van der Waals surface area contributed by atoms with Crippen LogP contribution in [0.25, 0.3) is 16.7 Å². The summed E-state index contributed by atoms with van der Waals surface area (Å²) < 4.78 is 67.7. The Morgan fingerprint density at radius 3 is 2.50 bits per heavy atom. The highest BCUT2D eigenvalue weighted by molar-refractivity contribution is 7.99. The van der Waals surface area contributed by atoms with E-state index in [9.17, 15) is 26.7 Å². The van der Waals surface area contributed by atoms with Crippen molar-refractivity contribution in [3.8, 4) is 11.4 Å². The van der Waals surface area contributed by atoms with Gasteiger partial charge in [0.25, 0.3) is 11.3 Å². The van der Waals surface area contributed by atoms with Gasteiger partial charge in [-0.3, -0.25) is 9.36 Å². The Hall–Kier alpha value is -2.56. The topological polar surface area (TPSA) is 59.9 Å². The molecule has 0 spiro atoms. The number of hydrogen-bond donors (Lipinski definition) is 1. The van der Waals surface area contributed by atoms with E-state index in [1.807, 2.05) is 0 Å². The molecule has 0 saturated carbocycles. The third-order valence-corrected chi connectivity index (χ3v) is 3.91. The zero-order valence-corrected chi connectivity index (χ0v) is 13.6. The number of benzene rings is 1. The van der Waals surface area contributed by atoms with E-state index >= 15 is 0 Å². The lowest BCUT2D eigenvalue weighted by Crippen LogP contribution is -2.22. The van der Waals surface area contributed by atoms with Crippen LogP contribution in [0.15, 0.2) is 46.5 Å². The molecule has 3 aromatic rings. The Morgan fingerprint density at radius 1 is 1.19 bits per heavy atom. The molecule has 5 nitrogen and oxygen atoms in total. The average Bonchev–Trinajstić information content (AvgIpc) is 3.01. The van der Waals surface area contributed by atoms with Crippen LogP contribution in [0.3, 0.4) is 0 Å². The highest BCUT2D eigenvalue weighted by Crippen LogP contribution is 2.27. The molecule has 0 saturated heterocycles. The van der Waals surface area contributed by atoms with E-state index in [1.54, 1.807) is 0 Å². The fourth-order valence-corrected chi connectivity index (χ4v) is 2.82. The quantitative estimate of drug-likeness (QED) is 0.406. The number of ether oxygens (including phenoxy) is 1. The van der Waals surface area contributed by atoms with E-state index < -0.39 is 24.1 Å². The molecule has 138 valence electrons. The molecule has 3 rings (SSSR count). The molecule has 0 aliphatic rings. The predicted molar refractivity (Wildman–Crippen MR) is 85.1 cm³/mol. The molecular weight excluding hydrogens is 381 g/mol. The van der Waals surface area contributed by atoms with E-state index in [4.69, 9.17) is 0 Å². The van der Waals surface area contributed by atoms with Crippen molar-refractivity contribution in [1.29, 1.82) is 0 Å². The second kappa shape index (κ2) is 6.98. The van der Waals surface area contributed by atoms with Crippen LogP contribution in [-0.4, -0.2) is 33.1 Å². The second-order valence-corrected chi connectivity index (χ2v) is 6.01. The van der Waals surface area contributed by atoms with Crippen molar-refractivity contribution in [3.63, 3.8) is 0 Å². The van der Waals surface area contributed by atoms with Gasteiger partial charge in [-0.05, 0) is 42.1 Å². The van der Waals surface area contributed by atoms with E-state index in [-0.39, 0.29) is 39.4 Å². The maximum atomic E-state index is 12.8. The lowest BCUT2D eigenvalue weighted by molar-refractivity contribution is -0.153. The van der Waals surface area contributed by atoms with E-state index in [1.165, 1.54) is 36.5 Å². The summed E-state index contributed by atoms with van der Waals surface area (Å²) in [5.74, 6) is -2.88. The normalized spacial score (nSPS) is 12.1. The van der Waals surface area contributed by atoms with Crippen molar-refractivity contribution in [2.24, 2.45) is 0 Å². The number of rotatable bonds is 5. The van der Waals surface area contributed by atoms with Crippen LogP contribution in [0.1, 0.15) is 0 Å². The molecule has 0 unspecified atom stereocenters. The van der Waals surface area contributed by atoms with Crippen LogP contribution >= 0.6 is 11.8 Å². The number of aromatic nitrogens is 3. The molecule has 0 bridgehead atoms. The monoisotopic (exact) mass is 391 g/mol. The number of nitrogens with zero attached hydrogens (tertiary/aromatic N) is 2. The van der Waals surface area contributed by atoms with Gasteiger partial charge in [0.1, 0.15) is 11.4 Å². The third kappa shape index (κ3) is 3.98. The molecule has 0 fully saturated rings. The number of hydrogen-bond acceptors (Lipinski definition) is 4. The summed E-state index contributed by atoms with van der Waals surface area (Å²) in [5, 5.41) is -0.0510. The molecular formula is C15H10F5N3O2S. The van der Waals surface area contributed by atoms with Gasteiger partial charge in [-0.1, -0.05) is 0 Å². The van der Waals surface area contributed by atoms with Gasteiger partial charge in [-0.15, -0.1) is 0 Å². The molecule has 0 aliphatic carbocycles. The van der Waals surface area contributed by atoms with Gasteiger partial charge in [0.05, 0.1) is 11.1 Å². The van der Waals surface area contributed by atoms with Crippen LogP contribution < -0.4 is 10.3 Å². The molecule has 1 aromatic carbocycles. The Morgan fingerprint density at radius 2 is 1.88 bits per heavy atom. The number of fused-ring (bicyclic) bond motifs is 1. The average molecular weight is 391 g/mol. The Labute approximate surface area is 146 Å². The fourth-order valence-electron chi connectivity index (χ4n) is 2.22. The van der Waals surface area contributed by atoms with Gasteiger partial charge in [-0.2, -0.15) is 22.0 Å². The minimum atomic E-state index is -4.49. The van der Waals surface area contributed by atoms with Gasteiger partial charge in [0, 0.05) is 6.20 Å². The number of nitrogens with one attached hydrogen (secondary N) is 1. The molecule has 26 heavy (non-hydrogen) atoms. The summed E-state index contributed by atoms with van der Waals surface area (Å²) in [6.07, 6.45) is -3.03. The summed E-state index contributed by atoms with van der Waals surface area (Å²) in [4.78, 5) is 19.3.